The van der Waals surface area contributed by atoms with E-state index < -0.39 is 40.5 Å². The Morgan fingerprint density at radius 1 is 0.912 bits per heavy atom. The van der Waals surface area contributed by atoms with Crippen molar-refractivity contribution >= 4 is 33.4 Å². The number of carbonyl (C=O) groups excluding carboxylic acids is 2. The fourth-order valence-corrected chi connectivity index (χ4v) is 5.04. The zero-order valence-electron chi connectivity index (χ0n) is 18.5. The number of fused-ring (bicyclic) bond motifs is 1. The number of benzene rings is 2. The molecule has 2 aliphatic rings. The zero-order chi connectivity index (χ0) is 24.3. The second-order valence-electron chi connectivity index (χ2n) is 7.83. The lowest BCUT2D eigenvalue weighted by atomic mass is 10.1. The summed E-state index contributed by atoms with van der Waals surface area (Å²) in [5.74, 6) is 0.401. The molecule has 2 aliphatic heterocycles. The summed E-state index contributed by atoms with van der Waals surface area (Å²) < 4.78 is 50.1. The van der Waals surface area contributed by atoms with Crippen LogP contribution in [0.2, 0.25) is 0 Å². The van der Waals surface area contributed by atoms with E-state index in [1.165, 1.54) is 31.2 Å². The van der Waals surface area contributed by atoms with Gasteiger partial charge in [0.05, 0.1) is 31.3 Å². The predicted octanol–water partition coefficient (Wildman–Crippen LogP) is 1.72. The molecule has 182 valence electrons. The van der Waals surface area contributed by atoms with Gasteiger partial charge in [0.25, 0.3) is 0 Å². The monoisotopic (exact) mass is 491 g/mol. The fraction of sp³-hybridized carbons (Fsp3) is 0.364. The van der Waals surface area contributed by atoms with Gasteiger partial charge >= 0.3 is 6.09 Å². The third-order valence-electron chi connectivity index (χ3n) is 5.39. The molecule has 0 saturated carbocycles. The summed E-state index contributed by atoms with van der Waals surface area (Å²) in [5.41, 5.74) is 1.02. The molecule has 2 heterocycles. The van der Waals surface area contributed by atoms with Gasteiger partial charge in [-0.25, -0.2) is 17.9 Å². The largest absolute Gasteiger partial charge is 0.497 e. The highest BCUT2D eigenvalue weighted by Gasteiger charge is 2.50. The average Bonchev–Trinajstić information content (AvgIpc) is 3.37. The van der Waals surface area contributed by atoms with Gasteiger partial charge in [-0.2, -0.15) is 0 Å². The van der Waals surface area contributed by atoms with Crippen LogP contribution in [0, 0.1) is 0 Å². The van der Waals surface area contributed by atoms with Crippen molar-refractivity contribution in [2.45, 2.75) is 36.2 Å². The fourth-order valence-electron chi connectivity index (χ4n) is 3.81. The van der Waals surface area contributed by atoms with Gasteiger partial charge in [-0.1, -0.05) is 0 Å². The summed E-state index contributed by atoms with van der Waals surface area (Å²) in [6.45, 7) is 1.51. The van der Waals surface area contributed by atoms with Crippen LogP contribution in [0.5, 0.6) is 5.75 Å². The van der Waals surface area contributed by atoms with E-state index in [1.807, 2.05) is 0 Å². The lowest BCUT2D eigenvalue weighted by Crippen LogP contribution is -2.44. The van der Waals surface area contributed by atoms with Crippen LogP contribution in [0.15, 0.2) is 53.4 Å². The Hall–Kier alpha value is -3.19. The van der Waals surface area contributed by atoms with Gasteiger partial charge in [0.15, 0.2) is 6.10 Å². The number of carbonyl (C=O) groups is 2. The summed E-state index contributed by atoms with van der Waals surface area (Å²) in [5, 5.41) is 5.20. The number of rotatable bonds is 7. The zero-order valence-corrected chi connectivity index (χ0v) is 19.3. The maximum atomic E-state index is 12.8. The van der Waals surface area contributed by atoms with Crippen LogP contribution >= 0.6 is 0 Å². The second-order valence-corrected chi connectivity index (χ2v) is 9.54. The maximum Gasteiger partial charge on any atom is 0.412 e. The maximum absolute atomic E-state index is 12.8. The molecule has 4 unspecified atom stereocenters. The number of methoxy groups -OCH3 is 1. The third-order valence-corrected chi connectivity index (χ3v) is 6.90. The first-order chi connectivity index (χ1) is 16.2. The van der Waals surface area contributed by atoms with E-state index in [1.54, 1.807) is 31.4 Å². The van der Waals surface area contributed by atoms with Gasteiger partial charge in [-0.3, -0.25) is 10.1 Å². The molecule has 12 heteroatoms. The Labute approximate surface area is 196 Å². The van der Waals surface area contributed by atoms with Gasteiger partial charge in [0.2, 0.25) is 15.9 Å². The van der Waals surface area contributed by atoms with E-state index in [9.17, 15) is 18.0 Å². The van der Waals surface area contributed by atoms with Crippen molar-refractivity contribution in [2.75, 3.05) is 31.0 Å². The van der Waals surface area contributed by atoms with Crippen molar-refractivity contribution in [1.29, 1.82) is 0 Å². The normalized spacial score (nSPS) is 23.7. The third kappa shape index (κ3) is 5.47. The van der Waals surface area contributed by atoms with Gasteiger partial charge in [0.1, 0.15) is 18.0 Å². The van der Waals surface area contributed by atoms with Crippen LogP contribution in [-0.4, -0.2) is 65.1 Å². The Kier molecular flexibility index (Phi) is 7.03. The van der Waals surface area contributed by atoms with E-state index in [4.69, 9.17) is 18.9 Å². The SMILES string of the molecule is COc1ccc(NC(=O)OC2COC3C(NS(=O)(=O)c4ccc(NC(C)=O)cc4)COC23)cc1. The molecule has 2 saturated heterocycles. The first kappa shape index (κ1) is 24.0. The summed E-state index contributed by atoms with van der Waals surface area (Å²) in [6, 6.07) is 11.9. The van der Waals surface area contributed by atoms with Crippen molar-refractivity contribution < 1.29 is 37.0 Å². The highest BCUT2D eigenvalue weighted by atomic mass is 32.2. The van der Waals surface area contributed by atoms with Crippen molar-refractivity contribution in [3.05, 3.63) is 48.5 Å². The molecule has 0 radical (unpaired) electrons. The first-order valence-electron chi connectivity index (χ1n) is 10.5. The quantitative estimate of drug-likeness (QED) is 0.532. The van der Waals surface area contributed by atoms with Crippen molar-refractivity contribution in [3.63, 3.8) is 0 Å². The van der Waals surface area contributed by atoms with Crippen LogP contribution in [-0.2, 0) is 29.0 Å². The summed E-state index contributed by atoms with van der Waals surface area (Å²) in [7, 11) is -2.32. The minimum Gasteiger partial charge on any atom is -0.497 e. The minimum atomic E-state index is -3.87. The van der Waals surface area contributed by atoms with Gasteiger partial charge in [-0.15, -0.1) is 0 Å². The topological polar surface area (TPSA) is 141 Å². The lowest BCUT2D eigenvalue weighted by Gasteiger charge is -2.18. The van der Waals surface area contributed by atoms with Crippen molar-refractivity contribution in [2.24, 2.45) is 0 Å². The Morgan fingerprint density at radius 2 is 1.53 bits per heavy atom. The molecule has 2 aromatic carbocycles. The Bertz CT molecular complexity index is 1140. The summed E-state index contributed by atoms with van der Waals surface area (Å²) in [4.78, 5) is 23.5. The van der Waals surface area contributed by atoms with Gasteiger partial charge in [0, 0.05) is 18.3 Å². The smallest absolute Gasteiger partial charge is 0.412 e. The minimum absolute atomic E-state index is 0.0368. The molecule has 2 fully saturated rings. The van der Waals surface area contributed by atoms with E-state index in [0.717, 1.165) is 0 Å². The molecule has 0 bridgehead atoms. The molecule has 11 nitrogen and oxygen atoms in total. The van der Waals surface area contributed by atoms with Crippen LogP contribution in [0.1, 0.15) is 6.92 Å². The number of anilines is 2. The van der Waals surface area contributed by atoms with E-state index in [-0.39, 0.29) is 24.0 Å². The van der Waals surface area contributed by atoms with Gasteiger partial charge < -0.3 is 24.3 Å². The molecular weight excluding hydrogens is 466 g/mol. The molecule has 4 rings (SSSR count). The predicted molar refractivity (Wildman–Crippen MR) is 121 cm³/mol. The molecular formula is C22H25N3O8S. The number of ether oxygens (including phenoxy) is 4. The van der Waals surface area contributed by atoms with E-state index in [2.05, 4.69) is 15.4 Å². The number of hydrogen-bond donors (Lipinski definition) is 3. The molecule has 0 spiro atoms. The lowest BCUT2D eigenvalue weighted by molar-refractivity contribution is -0.114. The number of amides is 2. The molecule has 4 atom stereocenters. The van der Waals surface area contributed by atoms with Crippen LogP contribution < -0.4 is 20.1 Å². The van der Waals surface area contributed by atoms with E-state index in [0.29, 0.717) is 17.1 Å². The first-order valence-corrected chi connectivity index (χ1v) is 12.0. The van der Waals surface area contributed by atoms with Gasteiger partial charge in [-0.05, 0) is 48.5 Å². The number of hydrogen-bond acceptors (Lipinski definition) is 8. The van der Waals surface area contributed by atoms with Crippen LogP contribution in [0.4, 0.5) is 16.2 Å². The Morgan fingerprint density at radius 3 is 2.18 bits per heavy atom. The van der Waals surface area contributed by atoms with Crippen molar-refractivity contribution in [1.82, 2.24) is 4.72 Å². The molecule has 0 aliphatic carbocycles. The Balaban J connectivity index is 1.33. The molecule has 34 heavy (non-hydrogen) atoms. The van der Waals surface area contributed by atoms with Crippen LogP contribution in [0.25, 0.3) is 0 Å². The van der Waals surface area contributed by atoms with Crippen molar-refractivity contribution in [3.8, 4) is 5.75 Å². The highest BCUT2D eigenvalue weighted by Crippen LogP contribution is 2.30. The molecule has 2 aromatic rings. The molecule has 3 N–H and O–H groups in total. The molecule has 2 amide bonds. The van der Waals surface area contributed by atoms with Crippen LogP contribution in [0.3, 0.4) is 0 Å². The second kappa shape index (κ2) is 9.97. The number of nitrogens with one attached hydrogen (secondary N) is 3. The highest BCUT2D eigenvalue weighted by molar-refractivity contribution is 7.89. The number of sulfonamides is 1. The summed E-state index contributed by atoms with van der Waals surface area (Å²) >= 11 is 0. The average molecular weight is 492 g/mol. The van der Waals surface area contributed by atoms with E-state index >= 15 is 0 Å². The summed E-state index contributed by atoms with van der Waals surface area (Å²) in [6.07, 6.45) is -2.57. The standard InChI is InChI=1S/C22H25N3O8S/c1-13(26)23-14-5-9-17(10-6-14)34(28,29)25-18-11-31-21-19(12-32-20(18)21)33-22(27)24-15-3-7-16(30-2)8-4-15/h3-10,18-21,25H,11-12H2,1-2H3,(H,23,26)(H,24,27). The molecule has 0 aromatic heterocycles.